The lowest BCUT2D eigenvalue weighted by Gasteiger charge is -2.22. The Labute approximate surface area is 181 Å². The Morgan fingerprint density at radius 1 is 0.969 bits per heavy atom. The third kappa shape index (κ3) is 7.16. The van der Waals surface area contributed by atoms with Gasteiger partial charge < -0.3 is 4.13 Å². The van der Waals surface area contributed by atoms with Gasteiger partial charge in [0.2, 0.25) is 0 Å². The highest BCUT2D eigenvalue weighted by Crippen LogP contribution is 2.36. The van der Waals surface area contributed by atoms with Crippen molar-refractivity contribution >= 4 is 20.0 Å². The van der Waals surface area contributed by atoms with Crippen LogP contribution in [0.4, 0.5) is 26.3 Å². The summed E-state index contributed by atoms with van der Waals surface area (Å²) < 4.78 is 114. The molecule has 0 aliphatic heterocycles. The lowest BCUT2D eigenvalue weighted by Crippen LogP contribution is -2.34. The number of hydrogen-bond donors (Lipinski definition) is 0. The fourth-order valence-corrected chi connectivity index (χ4v) is 4.02. The SMILES string of the molecule is CCCn1cc[n+](CCC)c1-c1ccccn1.O=S(=O)([N-]S(=O)(=O)C(F)(F)F)C(F)(F)F. The normalized spacial score (nSPS) is 12.9. The molecule has 2 heterocycles. The fraction of sp³-hybridized carbons (Fsp3) is 0.500. The number of hydrogen-bond acceptors (Lipinski definition) is 5. The molecule has 0 radical (unpaired) electrons. The van der Waals surface area contributed by atoms with E-state index in [4.69, 9.17) is 0 Å². The van der Waals surface area contributed by atoms with Gasteiger partial charge in [0.25, 0.3) is 0 Å². The number of imidazole rings is 1. The van der Waals surface area contributed by atoms with E-state index >= 15 is 0 Å². The van der Waals surface area contributed by atoms with Crippen LogP contribution < -0.4 is 4.57 Å². The Bertz CT molecular complexity index is 1020. The third-order valence-electron chi connectivity index (χ3n) is 3.57. The Kier molecular flexibility index (Phi) is 9.23. The maximum absolute atomic E-state index is 11.4. The molecule has 16 heteroatoms. The third-order valence-corrected chi connectivity index (χ3v) is 6.31. The van der Waals surface area contributed by atoms with E-state index in [0.717, 1.165) is 35.8 Å². The first kappa shape index (κ1) is 27.8. The molecule has 0 N–H and O–H groups in total. The van der Waals surface area contributed by atoms with E-state index in [2.05, 4.69) is 46.4 Å². The lowest BCUT2D eigenvalue weighted by molar-refractivity contribution is -0.685. The summed E-state index contributed by atoms with van der Waals surface area (Å²) in [6.45, 7) is 6.49. The van der Waals surface area contributed by atoms with Crippen molar-refractivity contribution in [2.45, 2.75) is 50.8 Å². The highest BCUT2D eigenvalue weighted by atomic mass is 32.3. The minimum absolute atomic E-state index is 0.778. The summed E-state index contributed by atoms with van der Waals surface area (Å²) >= 11 is 0. The Morgan fingerprint density at radius 3 is 1.94 bits per heavy atom. The summed E-state index contributed by atoms with van der Waals surface area (Å²) in [4.78, 5) is 4.47. The summed E-state index contributed by atoms with van der Waals surface area (Å²) in [5, 5.41) is 0. The van der Waals surface area contributed by atoms with E-state index in [1.54, 1.807) is 0 Å². The molecular formula is C16H20F6N4O4S2. The van der Waals surface area contributed by atoms with Crippen molar-refractivity contribution in [3.63, 3.8) is 0 Å². The second-order valence-electron chi connectivity index (χ2n) is 6.14. The van der Waals surface area contributed by atoms with Crippen LogP contribution in [0.15, 0.2) is 36.8 Å². The van der Waals surface area contributed by atoms with Crippen LogP contribution in [0.1, 0.15) is 26.7 Å². The van der Waals surface area contributed by atoms with Crippen LogP contribution in [0.25, 0.3) is 15.6 Å². The van der Waals surface area contributed by atoms with E-state index in [9.17, 15) is 43.2 Å². The van der Waals surface area contributed by atoms with Crippen molar-refractivity contribution in [2.24, 2.45) is 0 Å². The van der Waals surface area contributed by atoms with Gasteiger partial charge in [-0.15, -0.1) is 0 Å². The minimum atomic E-state index is -6.72. The van der Waals surface area contributed by atoms with Crippen molar-refractivity contribution < 1.29 is 47.7 Å². The number of alkyl halides is 6. The first-order valence-corrected chi connectivity index (χ1v) is 11.8. The van der Waals surface area contributed by atoms with E-state index in [0.29, 0.717) is 0 Å². The minimum Gasteiger partial charge on any atom is -0.421 e. The molecule has 2 aromatic heterocycles. The zero-order chi connectivity index (χ0) is 24.8. The molecule has 2 rings (SSSR count). The zero-order valence-electron chi connectivity index (χ0n) is 16.8. The van der Waals surface area contributed by atoms with E-state index in [-0.39, 0.29) is 0 Å². The van der Waals surface area contributed by atoms with Gasteiger partial charge in [0, 0.05) is 6.20 Å². The number of rotatable bonds is 7. The average molecular weight is 510 g/mol. The van der Waals surface area contributed by atoms with E-state index in [1.807, 2.05) is 18.3 Å². The van der Waals surface area contributed by atoms with Crippen LogP contribution in [-0.2, 0) is 33.1 Å². The number of aromatic nitrogens is 3. The van der Waals surface area contributed by atoms with Gasteiger partial charge in [-0.05, 0) is 25.0 Å². The maximum Gasteiger partial charge on any atom is 0.480 e. The molecule has 0 bridgehead atoms. The van der Waals surface area contributed by atoms with E-state index in [1.165, 1.54) is 5.82 Å². The molecule has 0 spiro atoms. The van der Waals surface area contributed by atoms with Gasteiger partial charge in [-0.25, -0.2) is 31.0 Å². The van der Waals surface area contributed by atoms with Crippen molar-refractivity contribution in [2.75, 3.05) is 0 Å². The van der Waals surface area contributed by atoms with Crippen LogP contribution in [0.5, 0.6) is 0 Å². The standard InChI is InChI=1S/C14H20N3.C2F6NO4S2/c1-3-9-16-11-12-17(10-4-2)14(16)13-7-5-6-8-15-13;3-1(4,5)14(10,11)9-15(12,13)2(6,7)8/h5-8,11-12H,3-4,9-10H2,1-2H3;/q+1;-1. The Hall–Kier alpha value is -2.20. The van der Waals surface area contributed by atoms with Crippen molar-refractivity contribution in [3.05, 3.63) is 40.9 Å². The van der Waals surface area contributed by atoms with Crippen LogP contribution in [-0.4, -0.2) is 37.4 Å². The summed E-state index contributed by atoms with van der Waals surface area (Å²) in [5.41, 5.74) is -11.4. The van der Waals surface area contributed by atoms with Crippen LogP contribution in [0, 0.1) is 0 Å². The molecule has 8 nitrogen and oxygen atoms in total. The molecule has 2 aromatic rings. The largest absolute Gasteiger partial charge is 0.480 e. The van der Waals surface area contributed by atoms with Gasteiger partial charge in [0.05, 0.1) is 13.1 Å². The number of halogens is 6. The molecule has 0 atom stereocenters. The number of aryl methyl sites for hydroxylation is 2. The van der Waals surface area contributed by atoms with Crippen molar-refractivity contribution in [3.8, 4) is 11.5 Å². The molecule has 0 unspecified atom stereocenters. The monoisotopic (exact) mass is 510 g/mol. The smallest absolute Gasteiger partial charge is 0.421 e. The number of sulfonamides is 2. The number of nitrogens with zero attached hydrogens (tertiary/aromatic N) is 4. The molecule has 0 amide bonds. The predicted molar refractivity (Wildman–Crippen MR) is 102 cm³/mol. The van der Waals surface area contributed by atoms with E-state index < -0.39 is 31.1 Å². The fourth-order valence-electron chi connectivity index (χ4n) is 2.31. The molecule has 0 fully saturated rings. The van der Waals surface area contributed by atoms with Crippen molar-refractivity contribution in [1.29, 1.82) is 0 Å². The van der Waals surface area contributed by atoms with Crippen molar-refractivity contribution in [1.82, 2.24) is 9.55 Å². The van der Waals surface area contributed by atoms with Gasteiger partial charge in [-0.2, -0.15) is 26.3 Å². The Balaban J connectivity index is 0.000000324. The summed E-state index contributed by atoms with van der Waals surface area (Å²) in [7, 11) is -13.4. The van der Waals surface area contributed by atoms with Gasteiger partial charge >= 0.3 is 16.8 Å². The van der Waals surface area contributed by atoms with Gasteiger partial charge in [-0.1, -0.05) is 19.9 Å². The topological polar surface area (TPSA) is 104 Å². The summed E-state index contributed by atoms with van der Waals surface area (Å²) in [6, 6.07) is 6.08. The highest BCUT2D eigenvalue weighted by molar-refractivity contribution is 8.13. The molecule has 0 aromatic carbocycles. The molecule has 0 saturated heterocycles. The Morgan fingerprint density at radius 2 is 1.53 bits per heavy atom. The maximum atomic E-state index is 11.4. The van der Waals surface area contributed by atoms with Crippen LogP contribution >= 0.6 is 0 Å². The molecule has 0 aliphatic rings. The molecule has 0 saturated carbocycles. The van der Waals surface area contributed by atoms with Gasteiger partial charge in [0.15, 0.2) is 25.7 Å². The lowest BCUT2D eigenvalue weighted by atomic mass is 10.3. The second kappa shape index (κ2) is 10.6. The number of pyridine rings is 1. The zero-order valence-corrected chi connectivity index (χ0v) is 18.4. The average Bonchev–Trinajstić information content (AvgIpc) is 3.03. The molecule has 0 aliphatic carbocycles. The van der Waals surface area contributed by atoms with Crippen LogP contribution in [0.2, 0.25) is 0 Å². The van der Waals surface area contributed by atoms with Gasteiger partial charge in [0.1, 0.15) is 12.4 Å². The quantitative estimate of drug-likeness (QED) is 0.417. The van der Waals surface area contributed by atoms with Crippen LogP contribution in [0.3, 0.4) is 0 Å². The van der Waals surface area contributed by atoms with Gasteiger partial charge in [-0.3, -0.25) is 0 Å². The first-order chi connectivity index (χ1) is 14.6. The molecule has 32 heavy (non-hydrogen) atoms. The highest BCUT2D eigenvalue weighted by Gasteiger charge is 2.46. The predicted octanol–water partition coefficient (Wildman–Crippen LogP) is 3.72. The molecular weight excluding hydrogens is 490 g/mol. The molecule has 182 valence electrons. The summed E-state index contributed by atoms with van der Waals surface area (Å²) in [5.74, 6) is 1.22. The summed E-state index contributed by atoms with van der Waals surface area (Å²) in [6.07, 6.45) is 8.45. The second-order valence-corrected chi connectivity index (χ2v) is 9.56. The first-order valence-electron chi connectivity index (χ1n) is 8.94.